The van der Waals surface area contributed by atoms with Gasteiger partial charge in [0.05, 0.1) is 0 Å². The maximum Gasteiger partial charge on any atom is 0.207 e. The third-order valence-corrected chi connectivity index (χ3v) is 2.33. The molecular weight excluding hydrogens is 233 g/mol. The fourth-order valence-electron chi connectivity index (χ4n) is 1.47. The Hall–Kier alpha value is -2.42. The van der Waals surface area contributed by atoms with E-state index in [2.05, 4.69) is 15.5 Å². The van der Waals surface area contributed by atoms with Crippen LogP contribution in [0.1, 0.15) is 19.0 Å². The van der Waals surface area contributed by atoms with E-state index in [-0.39, 0.29) is 11.4 Å². The van der Waals surface area contributed by atoms with E-state index in [1.807, 2.05) is 13.0 Å². The molecule has 1 aromatic heterocycles. The van der Waals surface area contributed by atoms with E-state index in [1.165, 1.54) is 6.07 Å². The van der Waals surface area contributed by atoms with Gasteiger partial charge in [-0.3, -0.25) is 0 Å². The summed E-state index contributed by atoms with van der Waals surface area (Å²) in [6.45, 7) is 2.69. The van der Waals surface area contributed by atoms with Crippen LogP contribution in [0.3, 0.4) is 0 Å². The molecule has 1 N–H and O–H groups in total. The lowest BCUT2D eigenvalue weighted by Gasteiger charge is -2.00. The molecule has 0 saturated carbocycles. The second-order valence-corrected chi connectivity index (χ2v) is 3.68. The van der Waals surface area contributed by atoms with Gasteiger partial charge in [-0.15, -0.1) is 15.0 Å². The molecule has 92 valence electrons. The van der Waals surface area contributed by atoms with Crippen LogP contribution in [0.25, 0.3) is 5.69 Å². The minimum atomic E-state index is -0.431. The number of hydrogen-bond donors (Lipinski definition) is 1. The number of rotatable bonds is 4. The van der Waals surface area contributed by atoms with Crippen molar-refractivity contribution in [3.05, 3.63) is 35.8 Å². The zero-order valence-corrected chi connectivity index (χ0v) is 9.89. The van der Waals surface area contributed by atoms with E-state index in [0.29, 0.717) is 12.4 Å². The van der Waals surface area contributed by atoms with E-state index >= 15 is 0 Å². The normalized spacial score (nSPS) is 10.1. The highest BCUT2D eigenvalue weighted by Crippen LogP contribution is 2.15. The van der Waals surface area contributed by atoms with Gasteiger partial charge in [-0.05, 0) is 18.6 Å². The Kier molecular flexibility index (Phi) is 3.53. The summed E-state index contributed by atoms with van der Waals surface area (Å²) in [7, 11) is 0. The Morgan fingerprint density at radius 3 is 2.83 bits per heavy atom. The summed E-state index contributed by atoms with van der Waals surface area (Å²) < 4.78 is 13.6. The summed E-state index contributed by atoms with van der Waals surface area (Å²) in [6.07, 6.45) is 0.900. The molecule has 0 fully saturated rings. The first-order valence-electron chi connectivity index (χ1n) is 5.62. The number of hydrogen-bond acceptors (Lipinski definition) is 4. The first-order valence-corrected chi connectivity index (χ1v) is 5.62. The summed E-state index contributed by atoms with van der Waals surface area (Å²) in [5.74, 6) is -0.0540. The Labute approximate surface area is 104 Å². The van der Waals surface area contributed by atoms with Crippen molar-refractivity contribution < 1.29 is 4.39 Å². The number of nitriles is 1. The molecule has 2 rings (SSSR count). The number of aromatic nitrogens is 3. The van der Waals surface area contributed by atoms with Crippen molar-refractivity contribution in [1.29, 1.82) is 5.26 Å². The van der Waals surface area contributed by atoms with Gasteiger partial charge in [0.25, 0.3) is 0 Å². The van der Waals surface area contributed by atoms with Crippen LogP contribution >= 0.6 is 0 Å². The van der Waals surface area contributed by atoms with Crippen LogP contribution in [0.15, 0.2) is 24.3 Å². The van der Waals surface area contributed by atoms with Gasteiger partial charge in [0.2, 0.25) is 5.69 Å². The SMILES string of the molecule is CCCNc1nn(-c2ccccc2F)nc1C#N. The van der Waals surface area contributed by atoms with Gasteiger partial charge in [0, 0.05) is 6.54 Å². The average molecular weight is 245 g/mol. The minimum absolute atomic E-state index is 0.159. The molecule has 0 spiro atoms. The van der Waals surface area contributed by atoms with Crippen molar-refractivity contribution >= 4 is 5.82 Å². The van der Waals surface area contributed by atoms with E-state index in [0.717, 1.165) is 11.2 Å². The van der Waals surface area contributed by atoms with Crippen LogP contribution in [0, 0.1) is 17.1 Å². The number of benzene rings is 1. The highest BCUT2D eigenvalue weighted by molar-refractivity contribution is 5.47. The molecule has 0 atom stereocenters. The summed E-state index contributed by atoms with van der Waals surface area (Å²) >= 11 is 0. The Morgan fingerprint density at radius 2 is 2.17 bits per heavy atom. The van der Waals surface area contributed by atoms with Gasteiger partial charge in [-0.2, -0.15) is 5.26 Å². The Balaban J connectivity index is 2.39. The topological polar surface area (TPSA) is 66.5 Å². The van der Waals surface area contributed by atoms with Gasteiger partial charge in [0.15, 0.2) is 11.6 Å². The van der Waals surface area contributed by atoms with Crippen LogP contribution in [0.4, 0.5) is 10.2 Å². The first kappa shape index (κ1) is 12.0. The lowest BCUT2D eigenvalue weighted by atomic mass is 10.3. The number of nitrogens with one attached hydrogen (secondary N) is 1. The number of anilines is 1. The van der Waals surface area contributed by atoms with Crippen molar-refractivity contribution in [3.63, 3.8) is 0 Å². The lowest BCUT2D eigenvalue weighted by molar-refractivity contribution is 0.596. The molecule has 0 saturated heterocycles. The molecule has 5 nitrogen and oxygen atoms in total. The maximum atomic E-state index is 13.6. The third kappa shape index (κ3) is 2.30. The highest BCUT2D eigenvalue weighted by atomic mass is 19.1. The van der Waals surface area contributed by atoms with Crippen LogP contribution in [0.2, 0.25) is 0 Å². The zero-order valence-electron chi connectivity index (χ0n) is 9.89. The standard InChI is InChI=1S/C12H12FN5/c1-2-7-15-12-10(8-14)16-18(17-12)11-6-4-3-5-9(11)13/h3-6H,2,7H2,1H3,(H,15,17). The summed E-state index contributed by atoms with van der Waals surface area (Å²) in [5.41, 5.74) is 0.380. The molecule has 0 amide bonds. The Bertz CT molecular complexity index is 584. The van der Waals surface area contributed by atoms with Gasteiger partial charge in [0.1, 0.15) is 11.8 Å². The van der Waals surface area contributed by atoms with Crippen molar-refractivity contribution in [2.75, 3.05) is 11.9 Å². The van der Waals surface area contributed by atoms with Crippen molar-refractivity contribution in [3.8, 4) is 11.8 Å². The summed E-state index contributed by atoms with van der Waals surface area (Å²) in [6, 6.07) is 8.09. The monoisotopic (exact) mass is 245 g/mol. The fourth-order valence-corrected chi connectivity index (χ4v) is 1.47. The molecular formula is C12H12FN5. The van der Waals surface area contributed by atoms with Crippen LogP contribution in [0.5, 0.6) is 0 Å². The van der Waals surface area contributed by atoms with Crippen LogP contribution < -0.4 is 5.32 Å². The second kappa shape index (κ2) is 5.27. The molecule has 2 aromatic rings. The van der Waals surface area contributed by atoms with Crippen LogP contribution in [-0.4, -0.2) is 21.5 Å². The molecule has 1 heterocycles. The molecule has 0 bridgehead atoms. The van der Waals surface area contributed by atoms with E-state index < -0.39 is 5.82 Å². The van der Waals surface area contributed by atoms with Crippen molar-refractivity contribution in [2.45, 2.75) is 13.3 Å². The summed E-state index contributed by atoms with van der Waals surface area (Å²) in [4.78, 5) is 1.13. The quantitative estimate of drug-likeness (QED) is 0.895. The average Bonchev–Trinajstić information content (AvgIpc) is 2.80. The van der Waals surface area contributed by atoms with E-state index in [9.17, 15) is 4.39 Å². The smallest absolute Gasteiger partial charge is 0.207 e. The highest BCUT2D eigenvalue weighted by Gasteiger charge is 2.13. The predicted molar refractivity (Wildman–Crippen MR) is 64.8 cm³/mol. The third-order valence-electron chi connectivity index (χ3n) is 2.33. The van der Waals surface area contributed by atoms with E-state index in [4.69, 9.17) is 5.26 Å². The Morgan fingerprint density at radius 1 is 1.39 bits per heavy atom. The fraction of sp³-hybridized carbons (Fsp3) is 0.250. The lowest BCUT2D eigenvalue weighted by Crippen LogP contribution is -2.04. The number of para-hydroxylation sites is 1. The molecule has 0 aliphatic carbocycles. The predicted octanol–water partition coefficient (Wildman–Crippen LogP) is 2.10. The molecule has 6 heteroatoms. The number of halogens is 1. The van der Waals surface area contributed by atoms with E-state index in [1.54, 1.807) is 18.2 Å². The summed E-state index contributed by atoms with van der Waals surface area (Å²) in [5, 5.41) is 20.0. The minimum Gasteiger partial charge on any atom is -0.366 e. The molecule has 1 aromatic carbocycles. The van der Waals surface area contributed by atoms with Crippen LogP contribution in [-0.2, 0) is 0 Å². The van der Waals surface area contributed by atoms with Gasteiger partial charge in [-0.25, -0.2) is 4.39 Å². The molecule has 0 aliphatic heterocycles. The van der Waals surface area contributed by atoms with Crippen molar-refractivity contribution in [1.82, 2.24) is 15.0 Å². The maximum absolute atomic E-state index is 13.6. The first-order chi connectivity index (χ1) is 8.76. The molecule has 0 radical (unpaired) electrons. The van der Waals surface area contributed by atoms with Gasteiger partial charge < -0.3 is 5.32 Å². The second-order valence-electron chi connectivity index (χ2n) is 3.68. The molecule has 0 aliphatic rings. The number of nitrogens with zero attached hydrogens (tertiary/aromatic N) is 4. The van der Waals surface area contributed by atoms with Gasteiger partial charge in [-0.1, -0.05) is 19.1 Å². The zero-order chi connectivity index (χ0) is 13.0. The van der Waals surface area contributed by atoms with Crippen molar-refractivity contribution in [2.24, 2.45) is 0 Å². The molecule has 0 unspecified atom stereocenters. The largest absolute Gasteiger partial charge is 0.366 e. The molecule has 18 heavy (non-hydrogen) atoms. The van der Waals surface area contributed by atoms with Gasteiger partial charge >= 0.3 is 0 Å².